The zero-order valence-corrected chi connectivity index (χ0v) is 30.2. The largest absolute Gasteiger partial charge is 0.392 e. The van der Waals surface area contributed by atoms with E-state index in [-0.39, 0.29) is 12.4 Å². The molecule has 0 aromatic rings. The van der Waals surface area contributed by atoms with Crippen LogP contribution in [0.2, 0.25) is 0 Å². The molecule has 0 aromatic heterocycles. The molecule has 4 heteroatoms. The summed E-state index contributed by atoms with van der Waals surface area (Å²) in [7, 11) is -3.20. The van der Waals surface area contributed by atoms with Gasteiger partial charge in [0.1, 0.15) is 0 Å². The zero-order valence-electron chi connectivity index (χ0n) is 29.4. The Hall–Kier alpha value is -1.91. The van der Waals surface area contributed by atoms with Crippen molar-refractivity contribution in [3.63, 3.8) is 0 Å². The molecule has 0 aliphatic carbocycles. The van der Waals surface area contributed by atoms with E-state index in [0.29, 0.717) is 12.8 Å². The molecule has 1 N–H and O–H groups in total. The molecule has 0 saturated carbocycles. The maximum atomic E-state index is 13.2. The fraction of sp³-hybridized carbons (Fsp3) is 0.641. The van der Waals surface area contributed by atoms with Crippen molar-refractivity contribution in [2.45, 2.75) is 151 Å². The molecular weight excluding hydrogens is 548 g/mol. The second-order valence-electron chi connectivity index (χ2n) is 12.8. The van der Waals surface area contributed by atoms with Crippen LogP contribution in [-0.2, 0) is 9.84 Å². The number of allylic oxidation sites excluding steroid dienone is 12. The third-order valence-corrected chi connectivity index (χ3v) is 10.3. The smallest absolute Gasteiger partial charge is 0.157 e. The molecule has 1 unspecified atom stereocenters. The number of aliphatic hydroxyl groups excluding tert-OH is 1. The van der Waals surface area contributed by atoms with Crippen LogP contribution >= 0.6 is 0 Å². The van der Waals surface area contributed by atoms with E-state index in [4.69, 9.17) is 5.11 Å². The van der Waals surface area contributed by atoms with E-state index in [9.17, 15) is 8.42 Å². The van der Waals surface area contributed by atoms with Crippen molar-refractivity contribution in [1.29, 1.82) is 0 Å². The van der Waals surface area contributed by atoms with Gasteiger partial charge in [-0.3, -0.25) is 0 Å². The number of hydrogen-bond acceptors (Lipinski definition) is 3. The highest BCUT2D eigenvalue weighted by Gasteiger charge is 2.25. The van der Waals surface area contributed by atoms with Gasteiger partial charge in [0.15, 0.2) is 9.84 Å². The number of sulfone groups is 1. The predicted octanol–water partition coefficient (Wildman–Crippen LogP) is 11.5. The van der Waals surface area contributed by atoms with Crippen LogP contribution in [0.1, 0.15) is 146 Å². The first kappa shape index (κ1) is 41.1. The van der Waals surface area contributed by atoms with Crippen LogP contribution in [0, 0.1) is 0 Å². The van der Waals surface area contributed by atoms with Crippen molar-refractivity contribution in [2.24, 2.45) is 0 Å². The molecule has 0 aliphatic heterocycles. The van der Waals surface area contributed by atoms with Crippen LogP contribution in [0.3, 0.4) is 0 Å². The molecule has 0 heterocycles. The molecular formula is C39H66O3S. The Kier molecular flexibility index (Phi) is 23.3. The minimum Gasteiger partial charge on any atom is -0.392 e. The summed E-state index contributed by atoms with van der Waals surface area (Å²) in [6.45, 7) is 19.2. The maximum Gasteiger partial charge on any atom is 0.157 e. The second-order valence-corrected chi connectivity index (χ2v) is 15.1. The van der Waals surface area contributed by atoms with Crippen molar-refractivity contribution >= 4 is 9.84 Å². The van der Waals surface area contributed by atoms with Crippen molar-refractivity contribution in [3.8, 4) is 0 Å². The number of rotatable bonds is 23. The molecule has 0 amide bonds. The normalized spacial score (nSPS) is 15.2. The molecule has 0 spiro atoms. The molecule has 43 heavy (non-hydrogen) atoms. The quantitative estimate of drug-likeness (QED) is 0.116. The van der Waals surface area contributed by atoms with E-state index in [0.717, 1.165) is 81.8 Å². The summed E-state index contributed by atoms with van der Waals surface area (Å²) in [5.41, 5.74) is 9.13. The third-order valence-electron chi connectivity index (χ3n) is 8.03. The van der Waals surface area contributed by atoms with Crippen LogP contribution in [0.15, 0.2) is 81.5 Å². The second kappa shape index (κ2) is 24.4. The highest BCUT2D eigenvalue weighted by Crippen LogP contribution is 2.22. The van der Waals surface area contributed by atoms with Crippen LogP contribution < -0.4 is 0 Å². The molecule has 0 aromatic carbocycles. The molecule has 0 radical (unpaired) electrons. The molecule has 246 valence electrons. The first-order valence-corrected chi connectivity index (χ1v) is 18.4. The van der Waals surface area contributed by atoms with Crippen LogP contribution in [0.5, 0.6) is 0 Å². The lowest BCUT2D eigenvalue weighted by Crippen LogP contribution is -2.25. The van der Waals surface area contributed by atoms with E-state index < -0.39 is 15.1 Å². The van der Waals surface area contributed by atoms with Crippen molar-refractivity contribution in [1.82, 2.24) is 0 Å². The lowest BCUT2D eigenvalue weighted by atomic mass is 10.0. The first-order valence-electron chi connectivity index (χ1n) is 16.7. The molecule has 3 nitrogen and oxygen atoms in total. The van der Waals surface area contributed by atoms with Gasteiger partial charge in [0.2, 0.25) is 0 Å². The Morgan fingerprint density at radius 3 is 1.40 bits per heavy atom. The number of hydrogen-bond donors (Lipinski definition) is 1. The minimum absolute atomic E-state index is 0.0492. The van der Waals surface area contributed by atoms with Crippen molar-refractivity contribution in [2.75, 3.05) is 12.4 Å². The van der Waals surface area contributed by atoms with Gasteiger partial charge >= 0.3 is 0 Å². The fourth-order valence-electron chi connectivity index (χ4n) is 4.96. The summed E-state index contributed by atoms with van der Waals surface area (Å²) in [6.07, 6.45) is 28.0. The zero-order chi connectivity index (χ0) is 32.7. The Morgan fingerprint density at radius 1 is 0.581 bits per heavy atom. The molecule has 0 fully saturated rings. The van der Waals surface area contributed by atoms with E-state index in [1.54, 1.807) is 0 Å². The highest BCUT2D eigenvalue weighted by molar-refractivity contribution is 7.92. The van der Waals surface area contributed by atoms with Gasteiger partial charge < -0.3 is 5.11 Å². The minimum atomic E-state index is -3.20. The van der Waals surface area contributed by atoms with Gasteiger partial charge in [-0.1, -0.05) is 94.9 Å². The van der Waals surface area contributed by atoms with E-state index in [1.165, 1.54) is 27.9 Å². The SMILES string of the molecule is CCCCS(=O)(=O)C(C/C=C(\C)CC/C=C(\C)CCC=C(C)CCC=C(C)CCC=C(C)C)C(C)=CCC/C(C)=C/CO. The van der Waals surface area contributed by atoms with Gasteiger partial charge in [0, 0.05) is 0 Å². The number of unbranched alkanes of at least 4 members (excludes halogenated alkanes) is 1. The summed E-state index contributed by atoms with van der Waals surface area (Å²) in [6, 6.07) is 0. The standard InChI is InChI=1S/C39H66O3S/c1-10-11-31-43(41,42)39(38(9)26-16-25-37(8)29-30-40)28-27-36(7)24-15-23-35(6)22-14-21-34(5)20-13-19-33(4)18-12-17-32(2)3/h17,19,21,23,26-27,29,39-40H,10-16,18,20,22,24-25,28,30-31H2,1-9H3/b33-19?,34-21?,35-23+,36-27+,37-29+,38-26?. The summed E-state index contributed by atoms with van der Waals surface area (Å²) >= 11 is 0. The van der Waals surface area contributed by atoms with Crippen LogP contribution in [-0.4, -0.2) is 31.1 Å². The molecule has 0 saturated heterocycles. The topological polar surface area (TPSA) is 54.4 Å². The Morgan fingerprint density at radius 2 is 0.977 bits per heavy atom. The lowest BCUT2D eigenvalue weighted by Gasteiger charge is -2.18. The van der Waals surface area contributed by atoms with Gasteiger partial charge in [-0.25, -0.2) is 8.42 Å². The molecule has 0 rings (SSSR count). The van der Waals surface area contributed by atoms with Gasteiger partial charge in [-0.2, -0.15) is 0 Å². The van der Waals surface area contributed by atoms with E-state index in [1.807, 2.05) is 26.8 Å². The number of aliphatic hydroxyl groups is 1. The molecule has 0 aliphatic rings. The summed E-state index contributed by atoms with van der Waals surface area (Å²) in [4.78, 5) is 0. The Labute approximate surface area is 267 Å². The van der Waals surface area contributed by atoms with Gasteiger partial charge in [-0.05, 0) is 132 Å². The Balaban J connectivity index is 4.90. The Bertz CT molecular complexity index is 1100. The molecule has 0 bridgehead atoms. The average molecular weight is 615 g/mol. The summed E-state index contributed by atoms with van der Waals surface area (Å²) in [5.74, 6) is 0.248. The summed E-state index contributed by atoms with van der Waals surface area (Å²) in [5, 5.41) is 8.62. The van der Waals surface area contributed by atoms with Crippen molar-refractivity contribution < 1.29 is 13.5 Å². The highest BCUT2D eigenvalue weighted by atomic mass is 32.2. The van der Waals surface area contributed by atoms with Crippen LogP contribution in [0.25, 0.3) is 0 Å². The average Bonchev–Trinajstić information content (AvgIpc) is 2.92. The van der Waals surface area contributed by atoms with Crippen LogP contribution in [0.4, 0.5) is 0 Å². The predicted molar refractivity (Wildman–Crippen MR) is 192 cm³/mol. The van der Waals surface area contributed by atoms with Crippen molar-refractivity contribution in [3.05, 3.63) is 81.5 Å². The van der Waals surface area contributed by atoms with E-state index >= 15 is 0 Å². The van der Waals surface area contributed by atoms with E-state index in [2.05, 4.69) is 78.0 Å². The van der Waals surface area contributed by atoms with Gasteiger partial charge in [-0.15, -0.1) is 0 Å². The first-order chi connectivity index (χ1) is 20.3. The maximum absolute atomic E-state index is 13.2. The summed E-state index contributed by atoms with van der Waals surface area (Å²) < 4.78 is 26.4. The third kappa shape index (κ3) is 22.3. The monoisotopic (exact) mass is 614 g/mol. The molecule has 1 atom stereocenters. The fourth-order valence-corrected chi connectivity index (χ4v) is 6.99. The van der Waals surface area contributed by atoms with Gasteiger partial charge in [0.25, 0.3) is 0 Å². The van der Waals surface area contributed by atoms with Gasteiger partial charge in [0.05, 0.1) is 17.6 Å². The lowest BCUT2D eigenvalue weighted by molar-refractivity contribution is 0.341.